The van der Waals surface area contributed by atoms with Gasteiger partial charge in [0, 0.05) is 7.05 Å². The van der Waals surface area contributed by atoms with Crippen LogP contribution in [-0.4, -0.2) is 38.6 Å². The van der Waals surface area contributed by atoms with E-state index in [9.17, 15) is 9.59 Å². The lowest BCUT2D eigenvalue weighted by Crippen LogP contribution is -2.89. The van der Waals surface area contributed by atoms with E-state index in [0.29, 0.717) is 12.4 Å². The molecule has 0 saturated carbocycles. The summed E-state index contributed by atoms with van der Waals surface area (Å²) in [7, 11) is 1.58. The number of carbonyl (C=O) groups is 2. The number of carbonyl (C=O) groups excluding carboxylic acids is 2. The van der Waals surface area contributed by atoms with Crippen LogP contribution in [0.1, 0.15) is 11.6 Å². The molecule has 3 N–H and O–H groups in total. The molecule has 2 aromatic carbocycles. The Bertz CT molecular complexity index is 749. The van der Waals surface area contributed by atoms with Gasteiger partial charge in [0.1, 0.15) is 12.4 Å². The molecule has 130 valence electrons. The number of nitrogens with two attached hydrogens (primary N) is 1. The second-order valence-electron chi connectivity index (χ2n) is 5.84. The summed E-state index contributed by atoms with van der Waals surface area (Å²) in [6, 6.07) is 17.2. The van der Waals surface area contributed by atoms with E-state index in [0.717, 1.165) is 11.3 Å². The monoisotopic (exact) mass is 340 g/mol. The van der Waals surface area contributed by atoms with Gasteiger partial charge in [-0.3, -0.25) is 14.5 Å². The molecular weight excluding hydrogens is 318 g/mol. The van der Waals surface area contributed by atoms with Crippen molar-refractivity contribution in [2.45, 2.75) is 6.04 Å². The van der Waals surface area contributed by atoms with Gasteiger partial charge >= 0.3 is 0 Å². The average molecular weight is 340 g/mol. The van der Waals surface area contributed by atoms with E-state index in [1.807, 2.05) is 54.6 Å². The van der Waals surface area contributed by atoms with Gasteiger partial charge < -0.3 is 15.4 Å². The molecule has 2 aromatic rings. The Morgan fingerprint density at radius 3 is 2.60 bits per heavy atom. The number of quaternary nitrogens is 1. The van der Waals surface area contributed by atoms with Crippen molar-refractivity contribution in [2.75, 3.05) is 31.6 Å². The van der Waals surface area contributed by atoms with Crippen LogP contribution in [0.5, 0.6) is 5.75 Å². The number of nitrogens with zero attached hydrogens (tertiary/aromatic N) is 1. The lowest BCUT2D eigenvalue weighted by molar-refractivity contribution is -0.632. The SMILES string of the molecule is CNC(=O)C[NH2+]CC(=O)N1c2ccccc2OC[C@H]1c1ccccc1. The number of likely N-dealkylation sites (N-methyl/N-ethyl adjacent to an activating group) is 1. The number of para-hydroxylation sites is 2. The first-order valence-corrected chi connectivity index (χ1v) is 8.32. The molecule has 1 aliphatic heterocycles. The van der Waals surface area contributed by atoms with Crippen molar-refractivity contribution >= 4 is 17.5 Å². The summed E-state index contributed by atoms with van der Waals surface area (Å²) in [5, 5.41) is 4.26. The number of amides is 2. The molecule has 6 nitrogen and oxygen atoms in total. The molecule has 25 heavy (non-hydrogen) atoms. The van der Waals surface area contributed by atoms with Gasteiger partial charge in [0.2, 0.25) is 0 Å². The van der Waals surface area contributed by atoms with E-state index in [-0.39, 0.29) is 30.9 Å². The van der Waals surface area contributed by atoms with Crippen LogP contribution in [0.4, 0.5) is 5.69 Å². The van der Waals surface area contributed by atoms with Crippen LogP contribution in [0.3, 0.4) is 0 Å². The Balaban J connectivity index is 1.84. The van der Waals surface area contributed by atoms with Crippen molar-refractivity contribution in [2.24, 2.45) is 0 Å². The largest absolute Gasteiger partial charge is 0.489 e. The fraction of sp³-hybridized carbons (Fsp3) is 0.263. The Morgan fingerprint density at radius 2 is 1.84 bits per heavy atom. The minimum atomic E-state index is -0.183. The van der Waals surface area contributed by atoms with Gasteiger partial charge in [-0.2, -0.15) is 0 Å². The highest BCUT2D eigenvalue weighted by molar-refractivity contribution is 5.96. The summed E-state index contributed by atoms with van der Waals surface area (Å²) in [6.45, 7) is 0.831. The maximum absolute atomic E-state index is 12.9. The number of anilines is 1. The van der Waals surface area contributed by atoms with Crippen LogP contribution in [0.2, 0.25) is 0 Å². The summed E-state index contributed by atoms with van der Waals surface area (Å²) in [5.41, 5.74) is 1.79. The first-order valence-electron chi connectivity index (χ1n) is 8.32. The van der Waals surface area contributed by atoms with Crippen LogP contribution in [0.15, 0.2) is 54.6 Å². The molecule has 0 spiro atoms. The second kappa shape index (κ2) is 7.81. The van der Waals surface area contributed by atoms with Gasteiger partial charge in [0.25, 0.3) is 11.8 Å². The molecule has 0 aromatic heterocycles. The van der Waals surface area contributed by atoms with Crippen molar-refractivity contribution < 1.29 is 19.6 Å². The van der Waals surface area contributed by atoms with Gasteiger partial charge in [-0.15, -0.1) is 0 Å². The molecule has 1 aliphatic rings. The quantitative estimate of drug-likeness (QED) is 0.830. The third kappa shape index (κ3) is 3.80. The third-order valence-corrected chi connectivity index (χ3v) is 4.21. The number of hydrogen-bond acceptors (Lipinski definition) is 3. The lowest BCUT2D eigenvalue weighted by atomic mass is 10.0. The molecule has 2 amide bonds. The molecule has 1 heterocycles. The zero-order chi connectivity index (χ0) is 17.6. The summed E-state index contributed by atoms with van der Waals surface area (Å²) >= 11 is 0. The Hall–Kier alpha value is -2.86. The molecule has 0 unspecified atom stereocenters. The average Bonchev–Trinajstić information content (AvgIpc) is 2.67. The summed E-state index contributed by atoms with van der Waals surface area (Å²) in [6.07, 6.45) is 0. The third-order valence-electron chi connectivity index (χ3n) is 4.21. The van der Waals surface area contributed by atoms with E-state index in [1.165, 1.54) is 0 Å². The van der Waals surface area contributed by atoms with Crippen molar-refractivity contribution in [1.82, 2.24) is 5.32 Å². The standard InChI is InChI=1S/C19H21N3O3/c1-20-18(23)11-21-12-19(24)22-15-9-5-6-10-17(15)25-13-16(22)14-7-3-2-4-8-14/h2-10,16,21H,11-13H2,1H3,(H,20,23)/p+1/t16-/m0/s1. The van der Waals surface area contributed by atoms with Crippen molar-refractivity contribution in [3.63, 3.8) is 0 Å². The second-order valence-corrected chi connectivity index (χ2v) is 5.84. The van der Waals surface area contributed by atoms with E-state index < -0.39 is 0 Å². The number of benzene rings is 2. The number of hydrogen-bond donors (Lipinski definition) is 2. The fourth-order valence-electron chi connectivity index (χ4n) is 2.95. The minimum absolute atomic E-state index is 0.0477. The maximum Gasteiger partial charge on any atom is 0.282 e. The minimum Gasteiger partial charge on any atom is -0.489 e. The van der Waals surface area contributed by atoms with E-state index >= 15 is 0 Å². The van der Waals surface area contributed by atoms with Gasteiger partial charge in [-0.05, 0) is 17.7 Å². The predicted octanol–water partition coefficient (Wildman–Crippen LogP) is 0.463. The highest BCUT2D eigenvalue weighted by atomic mass is 16.5. The lowest BCUT2D eigenvalue weighted by Gasteiger charge is -2.36. The molecular formula is C19H22N3O3+. The van der Waals surface area contributed by atoms with Crippen LogP contribution < -0.4 is 20.3 Å². The Kier molecular flexibility index (Phi) is 5.30. The molecule has 6 heteroatoms. The highest BCUT2D eigenvalue weighted by Crippen LogP contribution is 2.39. The van der Waals surface area contributed by atoms with Crippen LogP contribution in [0.25, 0.3) is 0 Å². The Morgan fingerprint density at radius 1 is 1.12 bits per heavy atom. The summed E-state index contributed by atoms with van der Waals surface area (Å²) in [5.74, 6) is 0.553. The molecule has 3 rings (SSSR count). The van der Waals surface area contributed by atoms with E-state index in [4.69, 9.17) is 4.74 Å². The first kappa shape index (κ1) is 17.0. The first-order chi connectivity index (χ1) is 12.2. The molecule has 0 aliphatic carbocycles. The van der Waals surface area contributed by atoms with Gasteiger partial charge in [-0.1, -0.05) is 42.5 Å². The molecule has 0 fully saturated rings. The predicted molar refractivity (Wildman–Crippen MR) is 94.3 cm³/mol. The van der Waals surface area contributed by atoms with E-state index in [2.05, 4.69) is 5.32 Å². The normalized spacial score (nSPS) is 15.9. The highest BCUT2D eigenvalue weighted by Gasteiger charge is 2.33. The zero-order valence-electron chi connectivity index (χ0n) is 14.1. The van der Waals surface area contributed by atoms with Gasteiger partial charge in [-0.25, -0.2) is 0 Å². The van der Waals surface area contributed by atoms with E-state index in [1.54, 1.807) is 17.3 Å². The number of fused-ring (bicyclic) bond motifs is 1. The Labute approximate surface area is 146 Å². The zero-order valence-corrected chi connectivity index (χ0v) is 14.1. The number of nitrogens with one attached hydrogen (secondary N) is 1. The molecule has 0 saturated heterocycles. The fourth-order valence-corrected chi connectivity index (χ4v) is 2.95. The van der Waals surface area contributed by atoms with Crippen LogP contribution in [0, 0.1) is 0 Å². The van der Waals surface area contributed by atoms with Crippen molar-refractivity contribution in [1.29, 1.82) is 0 Å². The summed E-state index contributed by atoms with van der Waals surface area (Å²) in [4.78, 5) is 26.1. The van der Waals surface area contributed by atoms with Crippen molar-refractivity contribution in [3.8, 4) is 5.75 Å². The van der Waals surface area contributed by atoms with Gasteiger partial charge in [0.05, 0.1) is 11.7 Å². The van der Waals surface area contributed by atoms with Crippen LogP contribution >= 0.6 is 0 Å². The summed E-state index contributed by atoms with van der Waals surface area (Å²) < 4.78 is 5.86. The topological polar surface area (TPSA) is 75.2 Å². The molecule has 0 bridgehead atoms. The van der Waals surface area contributed by atoms with Crippen molar-refractivity contribution in [3.05, 3.63) is 60.2 Å². The number of ether oxygens (including phenoxy) is 1. The smallest absolute Gasteiger partial charge is 0.282 e. The molecule has 1 atom stereocenters. The molecule has 0 radical (unpaired) electrons. The van der Waals surface area contributed by atoms with Crippen LogP contribution in [-0.2, 0) is 9.59 Å². The maximum atomic E-state index is 12.9. The van der Waals surface area contributed by atoms with Gasteiger partial charge in [0.15, 0.2) is 13.1 Å². The number of rotatable bonds is 5.